The number of aromatic nitrogens is 2. The molecule has 1 aliphatic heterocycles. The highest BCUT2D eigenvalue weighted by atomic mass is 16.2. The van der Waals surface area contributed by atoms with E-state index in [0.717, 1.165) is 54.1 Å². The molecule has 6 heteroatoms. The van der Waals surface area contributed by atoms with Crippen LogP contribution in [0.3, 0.4) is 0 Å². The van der Waals surface area contributed by atoms with Gasteiger partial charge in [0.25, 0.3) is 5.91 Å². The molecule has 0 atom stereocenters. The van der Waals surface area contributed by atoms with E-state index in [1.54, 1.807) is 0 Å². The zero-order chi connectivity index (χ0) is 22.5. The summed E-state index contributed by atoms with van der Waals surface area (Å²) in [5, 5.41) is 7.65. The molecular weight excluding hydrogens is 400 g/mol. The lowest BCUT2D eigenvalue weighted by Gasteiger charge is -2.15. The molecule has 0 saturated carbocycles. The van der Waals surface area contributed by atoms with Gasteiger partial charge in [0.05, 0.1) is 11.4 Å². The van der Waals surface area contributed by atoms with Crippen molar-refractivity contribution in [2.24, 2.45) is 0 Å². The van der Waals surface area contributed by atoms with E-state index >= 15 is 0 Å². The molecule has 3 aromatic rings. The minimum absolute atomic E-state index is 0.00785. The van der Waals surface area contributed by atoms with E-state index in [1.807, 2.05) is 78.0 Å². The van der Waals surface area contributed by atoms with Crippen molar-refractivity contribution in [3.05, 3.63) is 82.7 Å². The number of nitrogens with one attached hydrogen (secondary N) is 1. The molecule has 32 heavy (non-hydrogen) atoms. The molecular formula is C26H30N4O2. The minimum Gasteiger partial charge on any atom is -0.352 e. The van der Waals surface area contributed by atoms with Gasteiger partial charge in [-0.3, -0.25) is 9.59 Å². The first-order valence-electron chi connectivity index (χ1n) is 11.3. The summed E-state index contributed by atoms with van der Waals surface area (Å²) in [6, 6.07) is 17.6. The molecule has 2 heterocycles. The van der Waals surface area contributed by atoms with Crippen LogP contribution in [0.5, 0.6) is 0 Å². The van der Waals surface area contributed by atoms with Crippen LogP contribution >= 0.6 is 0 Å². The zero-order valence-electron chi connectivity index (χ0n) is 18.8. The average Bonchev–Trinajstić information content (AvgIpc) is 3.45. The largest absolute Gasteiger partial charge is 0.352 e. The van der Waals surface area contributed by atoms with Crippen LogP contribution in [-0.4, -0.2) is 39.6 Å². The fraction of sp³-hybridized carbons (Fsp3) is 0.346. The second-order valence-corrected chi connectivity index (χ2v) is 8.37. The van der Waals surface area contributed by atoms with E-state index in [2.05, 4.69) is 10.4 Å². The Morgan fingerprint density at radius 3 is 2.34 bits per heavy atom. The Hall–Kier alpha value is -3.41. The van der Waals surface area contributed by atoms with Crippen molar-refractivity contribution in [1.29, 1.82) is 0 Å². The fourth-order valence-corrected chi connectivity index (χ4v) is 4.25. The van der Waals surface area contributed by atoms with Gasteiger partial charge < -0.3 is 10.2 Å². The molecule has 1 N–H and O–H groups in total. The molecule has 0 aliphatic carbocycles. The second kappa shape index (κ2) is 9.81. The summed E-state index contributed by atoms with van der Waals surface area (Å²) in [5.74, 6) is 0.105. The van der Waals surface area contributed by atoms with Crippen molar-refractivity contribution >= 4 is 11.8 Å². The van der Waals surface area contributed by atoms with E-state index in [9.17, 15) is 9.59 Å². The first-order valence-corrected chi connectivity index (χ1v) is 11.3. The predicted octanol–water partition coefficient (Wildman–Crippen LogP) is 3.97. The van der Waals surface area contributed by atoms with E-state index in [-0.39, 0.29) is 11.8 Å². The smallest absolute Gasteiger partial charge is 0.253 e. The van der Waals surface area contributed by atoms with Crippen molar-refractivity contribution < 1.29 is 9.59 Å². The van der Waals surface area contributed by atoms with E-state index < -0.39 is 0 Å². The number of hydrogen-bond acceptors (Lipinski definition) is 3. The van der Waals surface area contributed by atoms with Crippen molar-refractivity contribution in [3.8, 4) is 5.69 Å². The maximum atomic E-state index is 12.4. The Balaban J connectivity index is 1.29. The van der Waals surface area contributed by atoms with Crippen molar-refractivity contribution in [3.63, 3.8) is 0 Å². The number of hydrogen-bond donors (Lipinski definition) is 1. The number of carbonyl (C=O) groups excluding carboxylic acids is 2. The number of likely N-dealkylation sites (tertiary alicyclic amines) is 1. The van der Waals surface area contributed by atoms with Gasteiger partial charge in [0, 0.05) is 37.3 Å². The minimum atomic E-state index is 0.00785. The Kier molecular flexibility index (Phi) is 6.69. The van der Waals surface area contributed by atoms with E-state index in [1.165, 1.54) is 0 Å². The molecule has 2 amide bonds. The molecule has 1 fully saturated rings. The lowest BCUT2D eigenvalue weighted by molar-refractivity contribution is -0.121. The Morgan fingerprint density at radius 1 is 0.969 bits per heavy atom. The number of carbonyl (C=O) groups is 2. The number of para-hydroxylation sites is 1. The summed E-state index contributed by atoms with van der Waals surface area (Å²) in [5.41, 5.74) is 5.87. The van der Waals surface area contributed by atoms with Gasteiger partial charge in [0.2, 0.25) is 5.91 Å². The first-order chi connectivity index (χ1) is 15.5. The highest BCUT2D eigenvalue weighted by Gasteiger charge is 2.19. The van der Waals surface area contributed by atoms with E-state index in [0.29, 0.717) is 24.9 Å². The fourth-order valence-electron chi connectivity index (χ4n) is 4.25. The van der Waals surface area contributed by atoms with Gasteiger partial charge in [-0.1, -0.05) is 30.3 Å². The Labute approximate surface area is 189 Å². The Bertz CT molecular complexity index is 1080. The summed E-state index contributed by atoms with van der Waals surface area (Å²) < 4.78 is 1.94. The number of nitrogens with zero attached hydrogens (tertiary/aromatic N) is 3. The SMILES string of the molecule is Cc1nn(-c2ccccc2)c(C)c1CCC(=O)NCc1ccc(C(=O)N2CCCC2)cc1. The molecule has 166 valence electrons. The number of amides is 2. The van der Waals surface area contributed by atoms with Crippen molar-refractivity contribution in [2.45, 2.75) is 46.1 Å². The van der Waals surface area contributed by atoms with Crippen LogP contribution in [-0.2, 0) is 17.8 Å². The van der Waals surface area contributed by atoms with Gasteiger partial charge in [0.1, 0.15) is 0 Å². The number of benzene rings is 2. The first kappa shape index (κ1) is 21.8. The summed E-state index contributed by atoms with van der Waals surface area (Å²) in [6.07, 6.45) is 3.23. The molecule has 1 aromatic heterocycles. The van der Waals surface area contributed by atoms with Gasteiger partial charge in [-0.15, -0.1) is 0 Å². The molecule has 0 radical (unpaired) electrons. The van der Waals surface area contributed by atoms with E-state index in [4.69, 9.17) is 0 Å². The second-order valence-electron chi connectivity index (χ2n) is 8.37. The van der Waals surface area contributed by atoms with Crippen molar-refractivity contribution in [1.82, 2.24) is 20.0 Å². The molecule has 0 bridgehead atoms. The molecule has 0 spiro atoms. The normalized spacial score (nSPS) is 13.4. The lowest BCUT2D eigenvalue weighted by Crippen LogP contribution is -2.27. The molecule has 4 rings (SSSR count). The average molecular weight is 431 g/mol. The highest BCUT2D eigenvalue weighted by Crippen LogP contribution is 2.19. The Morgan fingerprint density at radius 2 is 1.66 bits per heavy atom. The maximum absolute atomic E-state index is 12.4. The van der Waals surface area contributed by atoms with Crippen LogP contribution in [0.4, 0.5) is 0 Å². The molecule has 1 saturated heterocycles. The predicted molar refractivity (Wildman–Crippen MR) is 125 cm³/mol. The van der Waals surface area contributed by atoms with Crippen LogP contribution < -0.4 is 5.32 Å². The maximum Gasteiger partial charge on any atom is 0.253 e. The lowest BCUT2D eigenvalue weighted by atomic mass is 10.1. The van der Waals surface area contributed by atoms with Crippen LogP contribution in [0.1, 0.15) is 52.1 Å². The summed E-state index contributed by atoms with van der Waals surface area (Å²) in [6.45, 7) is 6.19. The highest BCUT2D eigenvalue weighted by molar-refractivity contribution is 5.94. The van der Waals surface area contributed by atoms with Crippen molar-refractivity contribution in [2.75, 3.05) is 13.1 Å². The summed E-state index contributed by atoms with van der Waals surface area (Å²) >= 11 is 0. The van der Waals surface area contributed by atoms with Crippen LogP contribution in [0.25, 0.3) is 5.69 Å². The third-order valence-corrected chi connectivity index (χ3v) is 6.13. The molecule has 1 aliphatic rings. The van der Waals surface area contributed by atoms with Gasteiger partial charge in [0.15, 0.2) is 0 Å². The zero-order valence-corrected chi connectivity index (χ0v) is 18.8. The number of aryl methyl sites for hydroxylation is 1. The molecule has 0 unspecified atom stereocenters. The van der Waals surface area contributed by atoms with Crippen LogP contribution in [0.2, 0.25) is 0 Å². The molecule has 6 nitrogen and oxygen atoms in total. The monoisotopic (exact) mass is 430 g/mol. The van der Waals surface area contributed by atoms with Crippen LogP contribution in [0.15, 0.2) is 54.6 Å². The topological polar surface area (TPSA) is 67.2 Å². The van der Waals surface area contributed by atoms with Gasteiger partial charge >= 0.3 is 0 Å². The standard InChI is InChI=1S/C26H30N4O2/c1-19-24(20(2)30(28-19)23-8-4-3-5-9-23)14-15-25(31)27-18-21-10-12-22(13-11-21)26(32)29-16-6-7-17-29/h3-5,8-13H,6-7,14-18H2,1-2H3,(H,27,31). The summed E-state index contributed by atoms with van der Waals surface area (Å²) in [7, 11) is 0. The number of rotatable bonds is 7. The van der Waals surface area contributed by atoms with Gasteiger partial charge in [-0.05, 0) is 68.5 Å². The van der Waals surface area contributed by atoms with Crippen LogP contribution in [0, 0.1) is 13.8 Å². The summed E-state index contributed by atoms with van der Waals surface area (Å²) in [4.78, 5) is 26.8. The molecule has 2 aromatic carbocycles. The third kappa shape index (κ3) is 4.90. The van der Waals surface area contributed by atoms with Gasteiger partial charge in [-0.2, -0.15) is 5.10 Å². The third-order valence-electron chi connectivity index (χ3n) is 6.13. The van der Waals surface area contributed by atoms with Gasteiger partial charge in [-0.25, -0.2) is 4.68 Å². The quantitative estimate of drug-likeness (QED) is 0.617.